The van der Waals surface area contributed by atoms with Gasteiger partial charge in [-0.05, 0) is 110 Å². The van der Waals surface area contributed by atoms with Gasteiger partial charge in [0.2, 0.25) is 0 Å². The van der Waals surface area contributed by atoms with Crippen LogP contribution in [0.1, 0.15) is 112 Å². The Morgan fingerprint density at radius 2 is 2.10 bits per heavy atom. The van der Waals surface area contributed by atoms with Gasteiger partial charge < -0.3 is 19.9 Å². The second kappa shape index (κ2) is 13.6. The average Bonchev–Trinajstić information content (AvgIpc) is 3.32. The maximum Gasteiger partial charge on any atom is 0.310 e. The number of fused-ring (bicyclic) bond motifs is 1. The zero-order valence-corrected chi connectivity index (χ0v) is 24.8. The minimum absolute atomic E-state index is 0.0293. The third kappa shape index (κ3) is 8.07. The number of carboxylic acids is 1. The molecule has 7 heteroatoms. The zero-order valence-electron chi connectivity index (χ0n) is 24.8. The molecule has 2 aliphatic heterocycles. The molecule has 2 aromatic rings. The van der Waals surface area contributed by atoms with Gasteiger partial charge in [-0.2, -0.15) is 0 Å². The maximum absolute atomic E-state index is 14.3. The van der Waals surface area contributed by atoms with Crippen LogP contribution in [0.25, 0.3) is 0 Å². The van der Waals surface area contributed by atoms with Crippen LogP contribution in [0.4, 0.5) is 10.2 Å². The zero-order chi connectivity index (χ0) is 28.8. The van der Waals surface area contributed by atoms with Crippen molar-refractivity contribution < 1.29 is 23.8 Å². The molecule has 1 saturated heterocycles. The van der Waals surface area contributed by atoms with E-state index in [-0.39, 0.29) is 17.6 Å². The first kappa shape index (κ1) is 30.0. The first-order valence-electron chi connectivity index (χ1n) is 15.8. The van der Waals surface area contributed by atoms with Gasteiger partial charge in [0.25, 0.3) is 0 Å². The molecule has 3 aliphatic rings. The van der Waals surface area contributed by atoms with E-state index in [2.05, 4.69) is 31.3 Å². The number of aryl methyl sites for hydroxylation is 2. The van der Waals surface area contributed by atoms with E-state index in [0.717, 1.165) is 94.4 Å². The number of unbranched alkanes of at least 4 members (excludes halogenated alkanes) is 1. The van der Waals surface area contributed by atoms with Crippen molar-refractivity contribution in [2.45, 2.75) is 109 Å². The summed E-state index contributed by atoms with van der Waals surface area (Å²) in [6, 6.07) is 8.96. The molecule has 1 saturated carbocycles. The molecule has 1 aromatic carbocycles. The monoisotopic (exact) mass is 566 g/mol. The number of nitrogens with one attached hydrogen (secondary N) is 1. The minimum atomic E-state index is -0.887. The average molecular weight is 567 g/mol. The van der Waals surface area contributed by atoms with Gasteiger partial charge in [-0.3, -0.25) is 4.79 Å². The predicted octanol–water partition coefficient (Wildman–Crippen LogP) is 7.61. The number of anilines is 1. The molecule has 4 atom stereocenters. The number of nitrogens with zero attached hydrogens (tertiary/aromatic N) is 1. The molecule has 1 aromatic heterocycles. The van der Waals surface area contributed by atoms with Crippen LogP contribution in [0, 0.1) is 17.2 Å². The summed E-state index contributed by atoms with van der Waals surface area (Å²) >= 11 is 0. The highest BCUT2D eigenvalue weighted by molar-refractivity contribution is 5.76. The Morgan fingerprint density at radius 3 is 2.90 bits per heavy atom. The standard InChI is InChI=1S/C34H47FN2O4/c1-34(2)21-31(41-22-34)28-16-13-25(35)20-30(28)29(33(38)39)15-11-23-7-5-10-27(19-23)40-18-4-3-9-26-14-12-24-8-6-17-36-32(24)37-26/h12-14,16,20,23,27,29,31H,3-11,15,17-19,21-22H2,1-2H3,(H,36,37)(H,38,39)/t23?,27-,29?,31?/m1/s1. The third-order valence-electron chi connectivity index (χ3n) is 9.21. The topological polar surface area (TPSA) is 80.7 Å². The molecule has 0 radical (unpaired) electrons. The van der Waals surface area contributed by atoms with Crippen molar-refractivity contribution >= 4 is 11.8 Å². The summed E-state index contributed by atoms with van der Waals surface area (Å²) in [6.07, 6.45) is 11.7. The Bertz CT molecular complexity index is 1190. The Labute approximate surface area is 244 Å². The quantitative estimate of drug-likeness (QED) is 0.257. The molecule has 224 valence electrons. The van der Waals surface area contributed by atoms with Gasteiger partial charge in [-0.1, -0.05) is 38.8 Å². The lowest BCUT2D eigenvalue weighted by Gasteiger charge is -2.30. The number of rotatable bonds is 12. The predicted molar refractivity (Wildman–Crippen MR) is 159 cm³/mol. The number of halogens is 1. The molecule has 2 N–H and O–H groups in total. The first-order valence-corrected chi connectivity index (χ1v) is 15.8. The van der Waals surface area contributed by atoms with Crippen LogP contribution in [0.2, 0.25) is 0 Å². The molecular weight excluding hydrogens is 519 g/mol. The summed E-state index contributed by atoms with van der Waals surface area (Å²) in [5, 5.41) is 13.6. The van der Waals surface area contributed by atoms with E-state index in [4.69, 9.17) is 14.5 Å². The fourth-order valence-electron chi connectivity index (χ4n) is 6.92. The lowest BCUT2D eigenvalue weighted by Crippen LogP contribution is -2.24. The summed E-state index contributed by atoms with van der Waals surface area (Å²) in [6.45, 7) is 6.68. The number of aromatic nitrogens is 1. The van der Waals surface area contributed by atoms with E-state index < -0.39 is 17.7 Å². The van der Waals surface area contributed by atoms with Gasteiger partial charge in [0.05, 0.1) is 24.7 Å². The van der Waals surface area contributed by atoms with Crippen LogP contribution in [0.5, 0.6) is 0 Å². The number of hydrogen-bond acceptors (Lipinski definition) is 5. The second-order valence-electron chi connectivity index (χ2n) is 13.2. The van der Waals surface area contributed by atoms with Crippen LogP contribution in [0.3, 0.4) is 0 Å². The van der Waals surface area contributed by atoms with E-state index in [1.54, 1.807) is 6.07 Å². The van der Waals surface area contributed by atoms with Crippen molar-refractivity contribution in [3.05, 3.63) is 58.5 Å². The highest BCUT2D eigenvalue weighted by Gasteiger charge is 2.36. The van der Waals surface area contributed by atoms with E-state index in [1.807, 2.05) is 0 Å². The number of benzene rings is 1. The fourth-order valence-corrected chi connectivity index (χ4v) is 6.92. The highest BCUT2D eigenvalue weighted by Crippen LogP contribution is 2.43. The molecule has 5 rings (SSSR count). The van der Waals surface area contributed by atoms with Crippen molar-refractivity contribution in [2.75, 3.05) is 25.1 Å². The highest BCUT2D eigenvalue weighted by atomic mass is 19.1. The van der Waals surface area contributed by atoms with Crippen LogP contribution in [-0.4, -0.2) is 41.9 Å². The van der Waals surface area contributed by atoms with Gasteiger partial charge in [0.15, 0.2) is 0 Å². The SMILES string of the molecule is CC1(C)COC(c2ccc(F)cc2C(CCC2CCC[C@@H](OCCCCc3ccc4c(n3)NCCC4)C2)C(=O)O)C1. The third-order valence-corrected chi connectivity index (χ3v) is 9.21. The normalized spacial score (nSPS) is 24.4. The number of carbonyl (C=O) groups is 1. The van der Waals surface area contributed by atoms with Gasteiger partial charge in [0, 0.05) is 18.8 Å². The number of hydrogen-bond donors (Lipinski definition) is 2. The van der Waals surface area contributed by atoms with Gasteiger partial charge in [-0.15, -0.1) is 0 Å². The summed E-state index contributed by atoms with van der Waals surface area (Å²) in [7, 11) is 0. The summed E-state index contributed by atoms with van der Waals surface area (Å²) in [5.41, 5.74) is 3.91. The van der Waals surface area contributed by atoms with Gasteiger partial charge in [-0.25, -0.2) is 9.37 Å². The van der Waals surface area contributed by atoms with E-state index in [1.165, 1.54) is 24.1 Å². The largest absolute Gasteiger partial charge is 0.481 e. The molecule has 0 bridgehead atoms. The lowest BCUT2D eigenvalue weighted by molar-refractivity contribution is -0.139. The molecule has 2 fully saturated rings. The Morgan fingerprint density at radius 1 is 1.22 bits per heavy atom. The van der Waals surface area contributed by atoms with Crippen molar-refractivity contribution in [3.63, 3.8) is 0 Å². The Kier molecular flexibility index (Phi) is 9.97. The second-order valence-corrected chi connectivity index (χ2v) is 13.2. The van der Waals surface area contributed by atoms with E-state index in [9.17, 15) is 14.3 Å². The van der Waals surface area contributed by atoms with Crippen LogP contribution in [-0.2, 0) is 27.1 Å². The molecule has 3 unspecified atom stereocenters. The van der Waals surface area contributed by atoms with Crippen LogP contribution in [0.15, 0.2) is 30.3 Å². The minimum Gasteiger partial charge on any atom is -0.481 e. The van der Waals surface area contributed by atoms with E-state index in [0.29, 0.717) is 24.5 Å². The van der Waals surface area contributed by atoms with Crippen molar-refractivity contribution in [2.24, 2.45) is 11.3 Å². The van der Waals surface area contributed by atoms with E-state index >= 15 is 0 Å². The number of aliphatic carboxylic acids is 1. The Hall–Kier alpha value is -2.51. The van der Waals surface area contributed by atoms with Crippen LogP contribution >= 0.6 is 0 Å². The molecule has 6 nitrogen and oxygen atoms in total. The first-order chi connectivity index (χ1) is 19.8. The Balaban J connectivity index is 1.09. The van der Waals surface area contributed by atoms with Gasteiger partial charge in [0.1, 0.15) is 11.6 Å². The number of carboxylic acid groups (broad SMARTS) is 1. The summed E-state index contributed by atoms with van der Waals surface area (Å²) < 4.78 is 26.7. The molecular formula is C34H47FN2O4. The molecule has 3 heterocycles. The number of ether oxygens (including phenoxy) is 2. The van der Waals surface area contributed by atoms with Gasteiger partial charge >= 0.3 is 5.97 Å². The number of pyridine rings is 1. The molecule has 1 aliphatic carbocycles. The fraction of sp³-hybridized carbons (Fsp3) is 0.647. The van der Waals surface area contributed by atoms with Crippen molar-refractivity contribution in [3.8, 4) is 0 Å². The molecule has 41 heavy (non-hydrogen) atoms. The smallest absolute Gasteiger partial charge is 0.310 e. The molecule has 0 spiro atoms. The lowest BCUT2D eigenvalue weighted by atomic mass is 9.79. The molecule has 0 amide bonds. The summed E-state index contributed by atoms with van der Waals surface area (Å²) in [5.74, 6) is -0.518. The van der Waals surface area contributed by atoms with Crippen molar-refractivity contribution in [1.82, 2.24) is 4.98 Å². The van der Waals surface area contributed by atoms with Crippen molar-refractivity contribution in [1.29, 1.82) is 0 Å². The summed E-state index contributed by atoms with van der Waals surface area (Å²) in [4.78, 5) is 17.2. The van der Waals surface area contributed by atoms with Crippen LogP contribution < -0.4 is 5.32 Å². The maximum atomic E-state index is 14.3.